The van der Waals surface area contributed by atoms with E-state index in [0.717, 1.165) is 37.3 Å². The van der Waals surface area contributed by atoms with Crippen LogP contribution in [-0.4, -0.2) is 51.9 Å². The molecule has 1 fully saturated rings. The normalized spacial score (nSPS) is 14.1. The van der Waals surface area contributed by atoms with Crippen molar-refractivity contribution >= 4 is 16.8 Å². The van der Waals surface area contributed by atoms with Crippen LogP contribution in [0.15, 0.2) is 79.3 Å². The number of aromatic nitrogens is 2. The number of carbonyl (C=O) groups excluding carboxylic acids is 1. The summed E-state index contributed by atoms with van der Waals surface area (Å²) in [4.78, 5) is 25.0. The van der Waals surface area contributed by atoms with Crippen LogP contribution in [-0.2, 0) is 6.54 Å². The van der Waals surface area contributed by atoms with E-state index >= 15 is 0 Å². The average Bonchev–Trinajstić information content (AvgIpc) is 3.53. The van der Waals surface area contributed by atoms with Gasteiger partial charge in [0.05, 0.1) is 0 Å². The Balaban J connectivity index is 1.38. The summed E-state index contributed by atoms with van der Waals surface area (Å²) in [6, 6.07) is 20.7. The largest absolute Gasteiger partial charge is 0.361 e. The minimum atomic E-state index is 0.0609. The zero-order valence-corrected chi connectivity index (χ0v) is 18.2. The number of aromatic amines is 1. The molecule has 0 aliphatic carbocycles. The smallest absolute Gasteiger partial charge is 0.254 e. The van der Waals surface area contributed by atoms with Crippen LogP contribution in [0.1, 0.15) is 28.8 Å². The van der Waals surface area contributed by atoms with Gasteiger partial charge in [-0.25, -0.2) is 0 Å². The fourth-order valence-electron chi connectivity index (χ4n) is 4.50. The van der Waals surface area contributed by atoms with Gasteiger partial charge in [0.1, 0.15) is 0 Å². The third kappa shape index (κ3) is 4.58. The molecule has 4 aromatic rings. The molecule has 5 heteroatoms. The second-order valence-corrected chi connectivity index (χ2v) is 8.49. The number of rotatable bonds is 7. The number of likely N-dealkylation sites (tertiary alicyclic amines) is 1. The first-order chi connectivity index (χ1) is 15.8. The number of nitrogens with one attached hydrogen (secondary N) is 1. The summed E-state index contributed by atoms with van der Waals surface area (Å²) in [5.41, 5.74) is 5.32. The highest BCUT2D eigenvalue weighted by Crippen LogP contribution is 2.25. The number of nitrogens with zero attached hydrogens (tertiary/aromatic N) is 3. The van der Waals surface area contributed by atoms with E-state index < -0.39 is 0 Å². The summed E-state index contributed by atoms with van der Waals surface area (Å²) < 4.78 is 0. The Morgan fingerprint density at radius 3 is 2.62 bits per heavy atom. The van der Waals surface area contributed by atoms with Crippen molar-refractivity contribution in [3.63, 3.8) is 0 Å². The third-order valence-electron chi connectivity index (χ3n) is 6.29. The molecule has 5 nitrogen and oxygen atoms in total. The number of amides is 1. The van der Waals surface area contributed by atoms with Gasteiger partial charge in [-0.3, -0.25) is 9.78 Å². The molecule has 32 heavy (non-hydrogen) atoms. The average molecular weight is 425 g/mol. The van der Waals surface area contributed by atoms with E-state index in [4.69, 9.17) is 0 Å². The molecular weight excluding hydrogens is 396 g/mol. The van der Waals surface area contributed by atoms with Gasteiger partial charge in [0.25, 0.3) is 5.91 Å². The second kappa shape index (κ2) is 9.37. The van der Waals surface area contributed by atoms with Crippen LogP contribution >= 0.6 is 0 Å². The topological polar surface area (TPSA) is 52.2 Å². The Hall–Kier alpha value is -3.44. The van der Waals surface area contributed by atoms with Crippen LogP contribution in [0.4, 0.5) is 0 Å². The highest BCUT2D eigenvalue weighted by atomic mass is 16.2. The molecule has 1 saturated heterocycles. The van der Waals surface area contributed by atoms with Gasteiger partial charge in [-0.1, -0.05) is 24.3 Å². The quantitative estimate of drug-likeness (QED) is 0.456. The van der Waals surface area contributed by atoms with Crippen LogP contribution in [0.25, 0.3) is 22.0 Å². The molecule has 1 amide bonds. The number of H-pyrrole nitrogens is 1. The summed E-state index contributed by atoms with van der Waals surface area (Å²) in [5.74, 6) is 0.0609. The van der Waals surface area contributed by atoms with Crippen molar-refractivity contribution in [3.8, 4) is 11.1 Å². The molecule has 0 atom stereocenters. The van der Waals surface area contributed by atoms with Gasteiger partial charge in [0.2, 0.25) is 0 Å². The maximum absolute atomic E-state index is 13.3. The lowest BCUT2D eigenvalue weighted by Gasteiger charge is -2.26. The lowest BCUT2D eigenvalue weighted by Crippen LogP contribution is -2.37. The molecule has 1 aliphatic heterocycles. The Morgan fingerprint density at radius 2 is 1.78 bits per heavy atom. The molecular formula is C27H28N4O. The lowest BCUT2D eigenvalue weighted by atomic mass is 10.0. The number of fused-ring (bicyclic) bond motifs is 1. The first-order valence-electron chi connectivity index (χ1n) is 11.3. The highest BCUT2D eigenvalue weighted by molar-refractivity contribution is 5.94. The molecule has 1 N–H and O–H groups in total. The van der Waals surface area contributed by atoms with E-state index in [1.54, 1.807) is 24.5 Å². The number of benzene rings is 2. The van der Waals surface area contributed by atoms with Crippen LogP contribution in [0, 0.1) is 0 Å². The number of pyridine rings is 1. The summed E-state index contributed by atoms with van der Waals surface area (Å²) in [6.07, 6.45) is 7.85. The molecule has 1 aliphatic rings. The van der Waals surface area contributed by atoms with Gasteiger partial charge < -0.3 is 14.8 Å². The molecule has 162 valence electrons. The summed E-state index contributed by atoms with van der Waals surface area (Å²) in [5, 5.41) is 1.20. The maximum atomic E-state index is 13.3. The minimum absolute atomic E-state index is 0.0609. The monoisotopic (exact) mass is 424 g/mol. The van der Waals surface area contributed by atoms with Crippen molar-refractivity contribution in [3.05, 3.63) is 90.4 Å². The number of carbonyl (C=O) groups is 1. The predicted molar refractivity (Wildman–Crippen MR) is 128 cm³/mol. The zero-order chi connectivity index (χ0) is 21.8. The predicted octanol–water partition coefficient (Wildman–Crippen LogP) is 4.97. The van der Waals surface area contributed by atoms with Gasteiger partial charge in [-0.05, 0) is 84.4 Å². The summed E-state index contributed by atoms with van der Waals surface area (Å²) >= 11 is 0. The fourth-order valence-corrected chi connectivity index (χ4v) is 4.50. The minimum Gasteiger partial charge on any atom is -0.361 e. The Kier molecular flexibility index (Phi) is 5.99. The Bertz CT molecular complexity index is 1190. The van der Waals surface area contributed by atoms with Gasteiger partial charge in [0, 0.05) is 49.3 Å². The van der Waals surface area contributed by atoms with E-state index in [2.05, 4.69) is 63.4 Å². The van der Waals surface area contributed by atoms with Gasteiger partial charge in [-0.15, -0.1) is 0 Å². The number of hydrogen-bond donors (Lipinski definition) is 1. The van der Waals surface area contributed by atoms with E-state index in [-0.39, 0.29) is 5.91 Å². The molecule has 0 radical (unpaired) electrons. The van der Waals surface area contributed by atoms with Gasteiger partial charge in [0.15, 0.2) is 0 Å². The second-order valence-electron chi connectivity index (χ2n) is 8.49. The molecule has 0 bridgehead atoms. The number of hydrogen-bond acceptors (Lipinski definition) is 3. The summed E-state index contributed by atoms with van der Waals surface area (Å²) in [6.45, 7) is 4.50. The first-order valence-corrected chi connectivity index (χ1v) is 11.3. The molecule has 2 aromatic carbocycles. The lowest BCUT2D eigenvalue weighted by molar-refractivity contribution is 0.0727. The standard InChI is InChI=1S/C27H28N4O/c32-27(22-8-11-28-12-9-22)31(17-16-30-14-1-2-15-30)20-21-4-3-5-23(18-21)24-6-7-26-25(19-24)10-13-29-26/h3-13,18-19,29H,1-2,14-17,20H2. The first kappa shape index (κ1) is 20.5. The van der Waals surface area contributed by atoms with Gasteiger partial charge >= 0.3 is 0 Å². The summed E-state index contributed by atoms with van der Waals surface area (Å²) in [7, 11) is 0. The van der Waals surface area contributed by atoms with E-state index in [9.17, 15) is 4.79 Å². The highest BCUT2D eigenvalue weighted by Gasteiger charge is 2.19. The van der Waals surface area contributed by atoms with Crippen LogP contribution < -0.4 is 0 Å². The van der Waals surface area contributed by atoms with Gasteiger partial charge in [-0.2, -0.15) is 0 Å². The van der Waals surface area contributed by atoms with Crippen molar-refractivity contribution in [2.45, 2.75) is 19.4 Å². The van der Waals surface area contributed by atoms with Crippen LogP contribution in [0.2, 0.25) is 0 Å². The van der Waals surface area contributed by atoms with E-state index in [1.165, 1.54) is 29.4 Å². The molecule has 3 heterocycles. The maximum Gasteiger partial charge on any atom is 0.254 e. The van der Waals surface area contributed by atoms with E-state index in [0.29, 0.717) is 12.1 Å². The zero-order valence-electron chi connectivity index (χ0n) is 18.2. The molecule has 5 rings (SSSR count). The Labute approximate surface area is 188 Å². The van der Waals surface area contributed by atoms with Crippen molar-refractivity contribution < 1.29 is 4.79 Å². The van der Waals surface area contributed by atoms with Crippen LogP contribution in [0.3, 0.4) is 0 Å². The molecule has 0 unspecified atom stereocenters. The molecule has 2 aromatic heterocycles. The van der Waals surface area contributed by atoms with Crippen molar-refractivity contribution in [2.24, 2.45) is 0 Å². The van der Waals surface area contributed by atoms with Crippen LogP contribution in [0.5, 0.6) is 0 Å². The van der Waals surface area contributed by atoms with E-state index in [1.807, 2.05) is 11.1 Å². The van der Waals surface area contributed by atoms with Crippen molar-refractivity contribution in [2.75, 3.05) is 26.2 Å². The van der Waals surface area contributed by atoms with Crippen molar-refractivity contribution in [1.82, 2.24) is 19.8 Å². The molecule has 0 spiro atoms. The molecule has 0 saturated carbocycles. The SMILES string of the molecule is O=C(c1ccncc1)N(CCN1CCCC1)Cc1cccc(-c2ccc3[nH]ccc3c2)c1. The Morgan fingerprint density at radius 1 is 0.969 bits per heavy atom. The van der Waals surface area contributed by atoms with Crippen molar-refractivity contribution in [1.29, 1.82) is 0 Å². The fraction of sp³-hybridized carbons (Fsp3) is 0.259. The third-order valence-corrected chi connectivity index (χ3v) is 6.29.